The summed E-state index contributed by atoms with van der Waals surface area (Å²) in [5.41, 5.74) is 9.04. The SMILES string of the molecule is Cc1nc2c(C(C)C)cccn2c1N. The van der Waals surface area contributed by atoms with Gasteiger partial charge >= 0.3 is 0 Å². The van der Waals surface area contributed by atoms with Gasteiger partial charge in [0.05, 0.1) is 5.69 Å². The largest absolute Gasteiger partial charge is 0.383 e. The zero-order valence-corrected chi connectivity index (χ0v) is 8.78. The third-order valence-electron chi connectivity index (χ3n) is 2.52. The fraction of sp³-hybridized carbons (Fsp3) is 0.364. The number of aromatic nitrogens is 2. The number of nitrogens with zero attached hydrogens (tertiary/aromatic N) is 2. The van der Waals surface area contributed by atoms with Gasteiger partial charge in [0.25, 0.3) is 0 Å². The second kappa shape index (κ2) is 3.01. The Labute approximate surface area is 83.6 Å². The van der Waals surface area contributed by atoms with Crippen molar-refractivity contribution in [2.45, 2.75) is 26.7 Å². The average molecular weight is 189 g/mol. The third kappa shape index (κ3) is 1.16. The predicted octanol–water partition coefficient (Wildman–Crippen LogP) is 2.35. The number of anilines is 1. The molecule has 3 nitrogen and oxygen atoms in total. The number of aryl methyl sites for hydroxylation is 1. The Kier molecular flexibility index (Phi) is 1.95. The second-order valence-electron chi connectivity index (χ2n) is 3.89. The smallest absolute Gasteiger partial charge is 0.142 e. The van der Waals surface area contributed by atoms with Gasteiger partial charge in [-0.1, -0.05) is 19.9 Å². The van der Waals surface area contributed by atoms with Crippen LogP contribution in [0.5, 0.6) is 0 Å². The normalized spacial score (nSPS) is 11.4. The summed E-state index contributed by atoms with van der Waals surface area (Å²) < 4.78 is 1.95. The van der Waals surface area contributed by atoms with Gasteiger partial charge in [-0.05, 0) is 24.5 Å². The topological polar surface area (TPSA) is 43.3 Å². The number of fused-ring (bicyclic) bond motifs is 1. The van der Waals surface area contributed by atoms with Crippen molar-refractivity contribution in [3.63, 3.8) is 0 Å². The molecule has 0 atom stereocenters. The lowest BCUT2D eigenvalue weighted by molar-refractivity contribution is 0.863. The van der Waals surface area contributed by atoms with Crippen LogP contribution in [0, 0.1) is 6.92 Å². The number of nitrogen functional groups attached to an aromatic ring is 1. The van der Waals surface area contributed by atoms with Gasteiger partial charge in [0.2, 0.25) is 0 Å². The fourth-order valence-corrected chi connectivity index (χ4v) is 1.67. The predicted molar refractivity (Wildman–Crippen MR) is 58.4 cm³/mol. The van der Waals surface area contributed by atoms with Crippen LogP contribution in [0.25, 0.3) is 5.65 Å². The molecule has 14 heavy (non-hydrogen) atoms. The second-order valence-corrected chi connectivity index (χ2v) is 3.89. The minimum atomic E-state index is 0.472. The van der Waals surface area contributed by atoms with E-state index in [0.29, 0.717) is 5.92 Å². The van der Waals surface area contributed by atoms with E-state index in [2.05, 4.69) is 24.9 Å². The molecule has 74 valence electrons. The number of nitrogens with two attached hydrogens (primary N) is 1. The van der Waals surface area contributed by atoms with Crippen LogP contribution in [0.1, 0.15) is 31.0 Å². The van der Waals surface area contributed by atoms with Crippen LogP contribution in [0.4, 0.5) is 5.82 Å². The minimum Gasteiger partial charge on any atom is -0.383 e. The summed E-state index contributed by atoms with van der Waals surface area (Å²) in [6, 6.07) is 4.12. The summed E-state index contributed by atoms with van der Waals surface area (Å²) in [4.78, 5) is 4.47. The maximum absolute atomic E-state index is 5.91. The van der Waals surface area contributed by atoms with Crippen LogP contribution in [-0.2, 0) is 0 Å². The van der Waals surface area contributed by atoms with Gasteiger partial charge < -0.3 is 5.73 Å². The van der Waals surface area contributed by atoms with Crippen molar-refractivity contribution >= 4 is 11.5 Å². The van der Waals surface area contributed by atoms with Crippen LogP contribution < -0.4 is 5.73 Å². The Hall–Kier alpha value is -1.51. The first-order chi connectivity index (χ1) is 6.61. The highest BCUT2D eigenvalue weighted by Crippen LogP contribution is 2.22. The molecule has 0 saturated heterocycles. The monoisotopic (exact) mass is 189 g/mol. The summed E-state index contributed by atoms with van der Waals surface area (Å²) in [5, 5.41) is 0. The minimum absolute atomic E-state index is 0.472. The Bertz CT molecular complexity index is 469. The summed E-state index contributed by atoms with van der Waals surface area (Å²) in [6.07, 6.45) is 1.95. The van der Waals surface area contributed by atoms with Gasteiger partial charge in [-0.25, -0.2) is 4.98 Å². The highest BCUT2D eigenvalue weighted by Gasteiger charge is 2.10. The summed E-state index contributed by atoms with van der Waals surface area (Å²) >= 11 is 0. The lowest BCUT2D eigenvalue weighted by atomic mass is 10.1. The lowest BCUT2D eigenvalue weighted by Gasteiger charge is -2.06. The molecule has 0 spiro atoms. The molecule has 2 rings (SSSR count). The number of pyridine rings is 1. The van der Waals surface area contributed by atoms with Crippen LogP contribution in [-0.4, -0.2) is 9.38 Å². The van der Waals surface area contributed by atoms with Crippen LogP contribution in [0.15, 0.2) is 18.3 Å². The molecule has 2 N–H and O–H groups in total. The van der Waals surface area contributed by atoms with Crippen molar-refractivity contribution in [3.05, 3.63) is 29.6 Å². The molecule has 2 heterocycles. The number of rotatable bonds is 1. The molecule has 2 aromatic rings. The van der Waals surface area contributed by atoms with E-state index in [4.69, 9.17) is 5.73 Å². The first-order valence-corrected chi connectivity index (χ1v) is 4.84. The molecule has 0 fully saturated rings. The van der Waals surface area contributed by atoms with Crippen molar-refractivity contribution in [3.8, 4) is 0 Å². The van der Waals surface area contributed by atoms with E-state index in [-0.39, 0.29) is 0 Å². The zero-order valence-electron chi connectivity index (χ0n) is 8.78. The molecule has 0 aliphatic carbocycles. The van der Waals surface area contributed by atoms with E-state index in [1.165, 1.54) is 5.56 Å². The van der Waals surface area contributed by atoms with E-state index >= 15 is 0 Å². The van der Waals surface area contributed by atoms with E-state index in [1.54, 1.807) is 0 Å². The van der Waals surface area contributed by atoms with Crippen molar-refractivity contribution in [1.82, 2.24) is 9.38 Å². The first-order valence-electron chi connectivity index (χ1n) is 4.84. The number of imidazole rings is 1. The van der Waals surface area contributed by atoms with Gasteiger partial charge in [-0.15, -0.1) is 0 Å². The van der Waals surface area contributed by atoms with Crippen molar-refractivity contribution < 1.29 is 0 Å². The van der Waals surface area contributed by atoms with Gasteiger partial charge in [0, 0.05) is 6.20 Å². The Morgan fingerprint density at radius 2 is 2.14 bits per heavy atom. The molecular weight excluding hydrogens is 174 g/mol. The number of hydrogen-bond donors (Lipinski definition) is 1. The van der Waals surface area contributed by atoms with Crippen molar-refractivity contribution in [2.24, 2.45) is 0 Å². The van der Waals surface area contributed by atoms with Crippen LogP contribution in [0.2, 0.25) is 0 Å². The molecule has 0 saturated carbocycles. The average Bonchev–Trinajstić information content (AvgIpc) is 2.43. The van der Waals surface area contributed by atoms with E-state index in [0.717, 1.165) is 17.2 Å². The Morgan fingerprint density at radius 1 is 1.43 bits per heavy atom. The molecular formula is C11H15N3. The number of hydrogen-bond acceptors (Lipinski definition) is 2. The molecule has 3 heteroatoms. The molecule has 0 aliphatic rings. The molecule has 0 unspecified atom stereocenters. The molecule has 0 radical (unpaired) electrons. The maximum atomic E-state index is 5.91. The first kappa shape index (κ1) is 9.06. The van der Waals surface area contributed by atoms with E-state index in [1.807, 2.05) is 23.6 Å². The van der Waals surface area contributed by atoms with Crippen molar-refractivity contribution in [2.75, 3.05) is 5.73 Å². The zero-order chi connectivity index (χ0) is 10.3. The summed E-state index contributed by atoms with van der Waals surface area (Å²) in [5.74, 6) is 1.21. The van der Waals surface area contributed by atoms with Crippen molar-refractivity contribution in [1.29, 1.82) is 0 Å². The molecule has 0 bridgehead atoms. The van der Waals surface area contributed by atoms with Gasteiger partial charge in [-0.3, -0.25) is 4.40 Å². The molecule has 2 aromatic heterocycles. The highest BCUT2D eigenvalue weighted by atomic mass is 15.1. The fourth-order valence-electron chi connectivity index (χ4n) is 1.67. The Balaban J connectivity index is 2.81. The van der Waals surface area contributed by atoms with Gasteiger partial charge in [0.1, 0.15) is 11.5 Å². The lowest BCUT2D eigenvalue weighted by Crippen LogP contribution is -1.96. The molecule has 0 aliphatic heterocycles. The molecule has 0 aromatic carbocycles. The Morgan fingerprint density at radius 3 is 2.79 bits per heavy atom. The van der Waals surface area contributed by atoms with E-state index < -0.39 is 0 Å². The molecule has 0 amide bonds. The van der Waals surface area contributed by atoms with Gasteiger partial charge in [-0.2, -0.15) is 0 Å². The quantitative estimate of drug-likeness (QED) is 0.748. The van der Waals surface area contributed by atoms with Crippen LogP contribution in [0.3, 0.4) is 0 Å². The van der Waals surface area contributed by atoms with E-state index in [9.17, 15) is 0 Å². The van der Waals surface area contributed by atoms with Gasteiger partial charge in [0.15, 0.2) is 0 Å². The maximum Gasteiger partial charge on any atom is 0.142 e. The highest BCUT2D eigenvalue weighted by molar-refractivity contribution is 5.58. The third-order valence-corrected chi connectivity index (χ3v) is 2.52. The van der Waals surface area contributed by atoms with Crippen LogP contribution >= 0.6 is 0 Å². The summed E-state index contributed by atoms with van der Waals surface area (Å²) in [7, 11) is 0. The summed E-state index contributed by atoms with van der Waals surface area (Å²) in [6.45, 7) is 6.26. The standard InChI is InChI=1S/C11H15N3/c1-7(2)9-5-4-6-14-10(12)8(3)13-11(9)14/h4-7H,12H2,1-3H3.